The Morgan fingerprint density at radius 2 is 1.81 bits per heavy atom. The lowest BCUT2D eigenvalue weighted by Gasteiger charge is -2.39. The number of rotatable bonds is 12. The van der Waals surface area contributed by atoms with Crippen molar-refractivity contribution in [3.05, 3.63) is 111 Å². The zero-order valence-electron chi connectivity index (χ0n) is 35.8. The second kappa shape index (κ2) is 18.4. The van der Waals surface area contributed by atoms with Crippen LogP contribution in [0.1, 0.15) is 49.0 Å². The van der Waals surface area contributed by atoms with Crippen LogP contribution in [0.3, 0.4) is 0 Å². The molecule has 9 rings (SSSR count). The molecule has 1 aliphatic carbocycles. The van der Waals surface area contributed by atoms with Gasteiger partial charge < -0.3 is 24.7 Å². The molecule has 0 unspecified atom stereocenters. The van der Waals surface area contributed by atoms with Crippen LogP contribution in [0.15, 0.2) is 94.5 Å². The first-order valence-corrected chi connectivity index (χ1v) is 24.4. The van der Waals surface area contributed by atoms with Crippen LogP contribution in [-0.2, 0) is 14.8 Å². The molecule has 0 bridgehead atoms. The lowest BCUT2D eigenvalue weighted by atomic mass is 9.72. The van der Waals surface area contributed by atoms with E-state index in [1.54, 1.807) is 30.5 Å². The van der Waals surface area contributed by atoms with E-state index >= 15 is 0 Å². The number of carbonyl (C=O) groups excluding carboxylic acids is 1. The minimum Gasteiger partial charge on any atom is -0.455 e. The number of sulfonamides is 1. The average Bonchev–Trinajstić information content (AvgIpc) is 3.75. The summed E-state index contributed by atoms with van der Waals surface area (Å²) in [5.74, 6) is 0.117. The Labute approximate surface area is 381 Å². The minimum atomic E-state index is -4.59. The van der Waals surface area contributed by atoms with E-state index in [2.05, 4.69) is 60.7 Å². The number of piperazine rings is 1. The summed E-state index contributed by atoms with van der Waals surface area (Å²) in [7, 11) is -4.59. The van der Waals surface area contributed by atoms with Crippen LogP contribution in [0.5, 0.6) is 11.5 Å². The Morgan fingerprint density at radius 3 is 2.58 bits per heavy atom. The number of pyridine rings is 1. The molecule has 1 amide bonds. The number of aromatic nitrogens is 2. The van der Waals surface area contributed by atoms with E-state index in [4.69, 9.17) is 21.1 Å². The monoisotopic (exact) mass is 926 g/mol. The number of amides is 1. The van der Waals surface area contributed by atoms with Crippen LogP contribution < -0.4 is 19.7 Å². The number of fused-ring (bicyclic) bond motifs is 2. The number of benzene rings is 3. The van der Waals surface area contributed by atoms with Gasteiger partial charge in [0.25, 0.3) is 21.6 Å². The van der Waals surface area contributed by atoms with E-state index in [0.717, 1.165) is 87.2 Å². The van der Waals surface area contributed by atoms with Gasteiger partial charge in [-0.05, 0) is 78.3 Å². The number of nitrogens with one attached hydrogen (secondary N) is 3. The van der Waals surface area contributed by atoms with Gasteiger partial charge in [0.05, 0.1) is 34.8 Å². The van der Waals surface area contributed by atoms with Crippen molar-refractivity contribution in [2.24, 2.45) is 5.41 Å². The maximum atomic E-state index is 14.1. The molecule has 2 fully saturated rings. The predicted octanol–water partition coefficient (Wildman–Crippen LogP) is 8.04. The average molecular weight is 928 g/mol. The number of nitrogens with zero attached hydrogens (tertiary/aromatic N) is 5. The fourth-order valence-corrected chi connectivity index (χ4v) is 11.3. The molecule has 3 N–H and O–H groups in total. The van der Waals surface area contributed by atoms with Crippen molar-refractivity contribution >= 4 is 73.0 Å². The SMILES string of the molecule is CC1(C)CCC(CN2CCN(c3ccc(C(=O)NS(=O)(=O)c4cc5c(c([N+](=O)[O-])c4)N[C@@H](CN4CCOCC4)CS5)c(Oc4cnc5[nH]ccc5c4)c3)CC2)=C(c2ccc(Cl)cc2)C1. The number of nitro groups is 1. The molecule has 5 heterocycles. The van der Waals surface area contributed by atoms with E-state index in [1.807, 2.05) is 18.2 Å². The van der Waals surface area contributed by atoms with Gasteiger partial charge in [0.1, 0.15) is 22.8 Å². The van der Waals surface area contributed by atoms with Gasteiger partial charge in [-0.25, -0.2) is 18.1 Å². The number of morpholine rings is 1. The highest BCUT2D eigenvalue weighted by molar-refractivity contribution is 7.99. The number of ether oxygens (including phenoxy) is 2. The number of anilines is 2. The lowest BCUT2D eigenvalue weighted by molar-refractivity contribution is -0.384. The second-order valence-electron chi connectivity index (χ2n) is 17.6. The molecule has 4 aliphatic rings. The third-order valence-electron chi connectivity index (χ3n) is 12.5. The number of thioether (sulfide) groups is 1. The number of nitro benzene ring substituents is 1. The topological polar surface area (TPSA) is 175 Å². The smallest absolute Gasteiger partial charge is 0.294 e. The number of aromatic amines is 1. The second-order valence-corrected chi connectivity index (χ2v) is 20.8. The summed E-state index contributed by atoms with van der Waals surface area (Å²) < 4.78 is 41.9. The van der Waals surface area contributed by atoms with Crippen LogP contribution in [0.4, 0.5) is 17.1 Å². The van der Waals surface area contributed by atoms with Gasteiger partial charge in [-0.1, -0.05) is 43.2 Å². The summed E-state index contributed by atoms with van der Waals surface area (Å²) in [5.41, 5.74) is 5.66. The third kappa shape index (κ3) is 9.89. The molecule has 15 nitrogen and oxygen atoms in total. The molecule has 5 aromatic rings. The summed E-state index contributed by atoms with van der Waals surface area (Å²) in [4.78, 5) is 40.3. The largest absolute Gasteiger partial charge is 0.455 e. The summed E-state index contributed by atoms with van der Waals surface area (Å²) >= 11 is 7.60. The van der Waals surface area contributed by atoms with Gasteiger partial charge in [-0.3, -0.25) is 24.7 Å². The van der Waals surface area contributed by atoms with E-state index < -0.39 is 20.9 Å². The summed E-state index contributed by atoms with van der Waals surface area (Å²) in [6.45, 7) is 12.1. The molecule has 2 aromatic heterocycles. The molecule has 0 saturated carbocycles. The zero-order valence-corrected chi connectivity index (χ0v) is 38.2. The van der Waals surface area contributed by atoms with E-state index in [0.29, 0.717) is 41.8 Å². The van der Waals surface area contributed by atoms with Gasteiger partial charge in [-0.15, -0.1) is 11.8 Å². The highest BCUT2D eigenvalue weighted by atomic mass is 35.5. The van der Waals surface area contributed by atoms with Gasteiger partial charge in [0.2, 0.25) is 0 Å². The molecule has 3 aromatic carbocycles. The van der Waals surface area contributed by atoms with Gasteiger partial charge >= 0.3 is 0 Å². The first-order valence-electron chi connectivity index (χ1n) is 21.6. The Hall–Kier alpha value is -5.17. The summed E-state index contributed by atoms with van der Waals surface area (Å²) in [6.07, 6.45) is 6.49. The van der Waals surface area contributed by atoms with Crippen molar-refractivity contribution in [3.8, 4) is 11.5 Å². The Kier molecular flexibility index (Phi) is 12.6. The summed E-state index contributed by atoms with van der Waals surface area (Å²) in [6, 6.07) is 19.2. The maximum Gasteiger partial charge on any atom is 0.294 e. The van der Waals surface area contributed by atoms with Gasteiger partial charge in [0.15, 0.2) is 0 Å². The number of carbonyl (C=O) groups is 1. The predicted molar refractivity (Wildman–Crippen MR) is 250 cm³/mol. The van der Waals surface area contributed by atoms with Gasteiger partial charge in [-0.2, -0.15) is 0 Å². The van der Waals surface area contributed by atoms with Crippen LogP contribution in [0.25, 0.3) is 16.6 Å². The number of allylic oxidation sites excluding steroid dienone is 1. The van der Waals surface area contributed by atoms with Gasteiger partial charge in [0, 0.05) is 103 Å². The minimum absolute atomic E-state index is 0.0310. The Balaban J connectivity index is 0.938. The molecular weight excluding hydrogens is 876 g/mol. The van der Waals surface area contributed by atoms with Crippen LogP contribution in [-0.4, -0.2) is 116 Å². The Bertz CT molecular complexity index is 2710. The van der Waals surface area contributed by atoms with E-state index in [-0.39, 0.29) is 39.0 Å². The number of halogens is 1. The molecule has 2 saturated heterocycles. The summed E-state index contributed by atoms with van der Waals surface area (Å²) in [5, 5.41) is 17.2. The van der Waals surface area contributed by atoms with Crippen LogP contribution in [0, 0.1) is 15.5 Å². The van der Waals surface area contributed by atoms with Crippen molar-refractivity contribution < 1.29 is 27.6 Å². The van der Waals surface area contributed by atoms with Crippen LogP contribution in [0.2, 0.25) is 5.02 Å². The highest BCUT2D eigenvalue weighted by Crippen LogP contribution is 2.44. The molecule has 18 heteroatoms. The fourth-order valence-electron chi connectivity index (χ4n) is 8.98. The normalized spacial score (nSPS) is 19.5. The maximum absolute atomic E-state index is 14.1. The quantitative estimate of drug-likeness (QED) is 0.0811. The molecule has 1 atom stereocenters. The molecule has 0 radical (unpaired) electrons. The first kappa shape index (κ1) is 44.1. The lowest BCUT2D eigenvalue weighted by Crippen LogP contribution is -2.47. The van der Waals surface area contributed by atoms with Crippen molar-refractivity contribution in [3.63, 3.8) is 0 Å². The van der Waals surface area contributed by atoms with Crippen molar-refractivity contribution in [1.82, 2.24) is 24.5 Å². The Morgan fingerprint density at radius 1 is 1.03 bits per heavy atom. The zero-order chi connectivity index (χ0) is 44.6. The van der Waals surface area contributed by atoms with Crippen molar-refractivity contribution in [2.45, 2.75) is 48.9 Å². The first-order chi connectivity index (χ1) is 30.8. The van der Waals surface area contributed by atoms with E-state index in [9.17, 15) is 23.3 Å². The molecule has 0 spiro atoms. The number of hydrogen-bond acceptors (Lipinski definition) is 13. The molecule has 336 valence electrons. The molecular formula is C46H51ClN8O7S2. The number of H-pyrrole nitrogens is 1. The van der Waals surface area contributed by atoms with E-state index in [1.165, 1.54) is 40.7 Å². The van der Waals surface area contributed by atoms with Crippen molar-refractivity contribution in [1.29, 1.82) is 0 Å². The third-order valence-corrected chi connectivity index (χ3v) is 15.3. The highest BCUT2D eigenvalue weighted by Gasteiger charge is 2.33. The standard InChI is InChI=1S/C46H51ClN8O7S2/c1-46(2)11-9-32(39(25-46)30-3-5-33(47)6-4-30)27-52-13-15-54(16-14-52)35-7-8-38(41(22-35)62-36-21-31-10-12-48-44(31)49-26-36)45(56)51-64(59,60)37-23-40(55(57)58)43-42(24-37)63-29-34(50-43)28-53-17-19-61-20-18-53/h3-8,10,12,21-24,26,34,50H,9,11,13-20,25,27-29H2,1-2H3,(H,48,49)(H,51,56)/t34-/m0/s1. The fraction of sp³-hybridized carbons (Fsp3) is 0.391. The van der Waals surface area contributed by atoms with Crippen LogP contribution >= 0.6 is 23.4 Å². The number of hydrogen-bond donors (Lipinski definition) is 3. The molecule has 64 heavy (non-hydrogen) atoms. The van der Waals surface area contributed by atoms with Crippen molar-refractivity contribution in [2.75, 3.05) is 81.5 Å². The molecule has 3 aliphatic heterocycles.